The maximum atomic E-state index is 13.4. The molecular weight excluding hydrogens is 558 g/mol. The number of piperidine rings is 1. The first kappa shape index (κ1) is 30.1. The van der Waals surface area contributed by atoms with Gasteiger partial charge in [0.25, 0.3) is 5.91 Å². The molecule has 2 atom stereocenters. The molecule has 3 aliphatic heterocycles. The van der Waals surface area contributed by atoms with Gasteiger partial charge in [-0.2, -0.15) is 0 Å². The first-order valence-electron chi connectivity index (χ1n) is 15.6. The number of carbonyl (C=O) groups excluding carboxylic acids is 1. The van der Waals surface area contributed by atoms with Crippen molar-refractivity contribution in [3.05, 3.63) is 76.3 Å². The Kier molecular flexibility index (Phi) is 8.86. The number of aliphatic carboxylic acids is 1. The maximum absolute atomic E-state index is 13.4. The summed E-state index contributed by atoms with van der Waals surface area (Å²) in [6, 6.07) is 16.3. The molecule has 1 N–H and O–H groups in total. The molecule has 0 spiro atoms. The highest BCUT2D eigenvalue weighted by molar-refractivity contribution is 5.97. The van der Waals surface area contributed by atoms with Crippen LogP contribution in [0.2, 0.25) is 0 Å². The van der Waals surface area contributed by atoms with Crippen LogP contribution in [0, 0.1) is 19.8 Å². The minimum Gasteiger partial charge on any atom is -0.488 e. The molecule has 4 heterocycles. The van der Waals surface area contributed by atoms with Crippen molar-refractivity contribution in [1.82, 2.24) is 9.88 Å². The van der Waals surface area contributed by atoms with Crippen LogP contribution < -0.4 is 9.64 Å². The molecule has 3 aromatic rings. The average molecular weight is 600 g/mol. The number of aryl methyl sites for hydroxylation is 1. The molecule has 44 heavy (non-hydrogen) atoms. The molecule has 2 saturated heterocycles. The molecule has 2 fully saturated rings. The lowest BCUT2D eigenvalue weighted by Gasteiger charge is -2.38. The van der Waals surface area contributed by atoms with Crippen molar-refractivity contribution in [1.29, 1.82) is 0 Å². The van der Waals surface area contributed by atoms with Gasteiger partial charge in [0.05, 0.1) is 17.7 Å². The zero-order chi connectivity index (χ0) is 30.8. The van der Waals surface area contributed by atoms with Crippen LogP contribution in [0.4, 0.5) is 5.82 Å². The molecule has 3 aliphatic rings. The fourth-order valence-electron chi connectivity index (χ4n) is 6.84. The zero-order valence-electron chi connectivity index (χ0n) is 25.8. The Morgan fingerprint density at radius 3 is 2.64 bits per heavy atom. The Labute approximate surface area is 258 Å². The number of carboxylic acids is 1. The number of anilines is 1. The van der Waals surface area contributed by atoms with E-state index in [1.165, 1.54) is 0 Å². The first-order valence-corrected chi connectivity index (χ1v) is 15.6. The second-order valence-corrected chi connectivity index (χ2v) is 12.1. The van der Waals surface area contributed by atoms with Gasteiger partial charge in [-0.25, -0.2) is 4.98 Å². The maximum Gasteiger partial charge on any atom is 0.309 e. The highest BCUT2D eigenvalue weighted by Crippen LogP contribution is 2.34. The van der Waals surface area contributed by atoms with E-state index in [0.29, 0.717) is 26.1 Å². The van der Waals surface area contributed by atoms with Gasteiger partial charge in [-0.15, -0.1) is 0 Å². The molecule has 6 rings (SSSR count). The van der Waals surface area contributed by atoms with Crippen LogP contribution in [-0.2, 0) is 27.3 Å². The largest absolute Gasteiger partial charge is 0.488 e. The monoisotopic (exact) mass is 599 g/mol. The number of carboxylic acid groups (broad SMARTS) is 1. The Bertz CT molecular complexity index is 1530. The Morgan fingerprint density at radius 1 is 1.05 bits per heavy atom. The van der Waals surface area contributed by atoms with Crippen molar-refractivity contribution in [2.75, 3.05) is 44.9 Å². The van der Waals surface area contributed by atoms with Crippen LogP contribution in [0.25, 0.3) is 11.3 Å². The van der Waals surface area contributed by atoms with Gasteiger partial charge in [0.2, 0.25) is 0 Å². The molecule has 0 bridgehead atoms. The third-order valence-electron chi connectivity index (χ3n) is 9.47. The number of hydrogen-bond acceptors (Lipinski definition) is 7. The molecule has 0 saturated carbocycles. The fraction of sp³-hybridized carbons (Fsp3) is 0.457. The number of amides is 1. The van der Waals surface area contributed by atoms with Gasteiger partial charge in [-0.05, 0) is 86.6 Å². The second-order valence-electron chi connectivity index (χ2n) is 12.1. The highest BCUT2D eigenvalue weighted by atomic mass is 16.5. The quantitative estimate of drug-likeness (QED) is 0.384. The van der Waals surface area contributed by atoms with E-state index >= 15 is 0 Å². The van der Waals surface area contributed by atoms with E-state index < -0.39 is 18.0 Å². The molecule has 0 radical (unpaired) electrons. The number of nitrogens with zero attached hydrogens (tertiary/aromatic N) is 3. The molecule has 9 nitrogen and oxygen atoms in total. The summed E-state index contributed by atoms with van der Waals surface area (Å²) in [6.45, 7) is 7.76. The summed E-state index contributed by atoms with van der Waals surface area (Å²) in [4.78, 5) is 34.2. The van der Waals surface area contributed by atoms with Crippen molar-refractivity contribution in [2.24, 2.45) is 5.92 Å². The number of ether oxygens (including phenoxy) is 3. The van der Waals surface area contributed by atoms with Crippen molar-refractivity contribution in [3.8, 4) is 17.0 Å². The zero-order valence-corrected chi connectivity index (χ0v) is 25.8. The number of pyridine rings is 1. The summed E-state index contributed by atoms with van der Waals surface area (Å²) in [5, 5.41) is 9.58. The van der Waals surface area contributed by atoms with E-state index in [1.807, 2.05) is 54.3 Å². The summed E-state index contributed by atoms with van der Waals surface area (Å²) in [5.74, 6) is 0.304. The minimum absolute atomic E-state index is 0.129. The smallest absolute Gasteiger partial charge is 0.309 e. The van der Waals surface area contributed by atoms with Crippen LogP contribution in [-0.4, -0.2) is 79.0 Å². The van der Waals surface area contributed by atoms with Gasteiger partial charge >= 0.3 is 5.97 Å². The summed E-state index contributed by atoms with van der Waals surface area (Å²) in [6.07, 6.45) is 2.75. The lowest BCUT2D eigenvalue weighted by atomic mass is 9.90. The van der Waals surface area contributed by atoms with E-state index in [2.05, 4.69) is 17.9 Å². The van der Waals surface area contributed by atoms with Crippen molar-refractivity contribution in [3.63, 3.8) is 0 Å². The van der Waals surface area contributed by atoms with Crippen molar-refractivity contribution in [2.45, 2.75) is 58.3 Å². The van der Waals surface area contributed by atoms with E-state index in [1.54, 1.807) is 7.11 Å². The van der Waals surface area contributed by atoms with E-state index in [4.69, 9.17) is 19.2 Å². The lowest BCUT2D eigenvalue weighted by Crippen LogP contribution is -2.47. The molecule has 0 aliphatic carbocycles. The van der Waals surface area contributed by atoms with Gasteiger partial charge in [0, 0.05) is 57.1 Å². The van der Waals surface area contributed by atoms with Crippen LogP contribution in [0.3, 0.4) is 0 Å². The third kappa shape index (κ3) is 6.03. The molecule has 2 aromatic carbocycles. The van der Waals surface area contributed by atoms with Crippen LogP contribution in [0.1, 0.15) is 51.9 Å². The average Bonchev–Trinajstić information content (AvgIpc) is 3.05. The van der Waals surface area contributed by atoms with E-state index in [0.717, 1.165) is 89.7 Å². The van der Waals surface area contributed by atoms with Gasteiger partial charge in [0.1, 0.15) is 18.2 Å². The Morgan fingerprint density at radius 2 is 1.86 bits per heavy atom. The Hall–Kier alpha value is -3.95. The summed E-state index contributed by atoms with van der Waals surface area (Å²) < 4.78 is 17.5. The van der Waals surface area contributed by atoms with Gasteiger partial charge in [-0.1, -0.05) is 23.8 Å². The standard InChI is InChI=1S/C35H41N3O6/c1-22-7-10-31(29(19-22)30-5-4-6-33(36-30)37-15-11-28(35(40)41)32(20-37)42-3)44-21-24-8-9-27-26(23(24)2)12-16-38(34(27)39)25-13-17-43-18-14-25/h4-10,19,25,28,32H,11-18,20-21H2,1-3H3,(H,40,41)/t28-,32+/m1/s1. The first-order chi connectivity index (χ1) is 21.3. The number of benzene rings is 2. The second kappa shape index (κ2) is 13.0. The molecule has 9 heteroatoms. The molecule has 1 amide bonds. The third-order valence-corrected chi connectivity index (χ3v) is 9.47. The van der Waals surface area contributed by atoms with E-state index in [-0.39, 0.29) is 11.9 Å². The summed E-state index contributed by atoms with van der Waals surface area (Å²) >= 11 is 0. The molecule has 0 unspecified atom stereocenters. The fourth-order valence-corrected chi connectivity index (χ4v) is 6.84. The lowest BCUT2D eigenvalue weighted by molar-refractivity contribution is -0.147. The van der Waals surface area contributed by atoms with Crippen molar-refractivity contribution < 1.29 is 28.9 Å². The predicted molar refractivity (Wildman–Crippen MR) is 167 cm³/mol. The molecule has 1 aromatic heterocycles. The SMILES string of the molecule is CO[C@H]1CN(c2cccc(-c3cc(C)ccc3OCc3ccc4c(c3C)CCN(C3CCOCC3)C4=O)n2)CC[C@H]1C(=O)O. The normalized spacial score (nSPS) is 20.8. The minimum atomic E-state index is -0.822. The molecule has 232 valence electrons. The number of hydrogen-bond donors (Lipinski definition) is 1. The number of rotatable bonds is 8. The van der Waals surface area contributed by atoms with Crippen LogP contribution >= 0.6 is 0 Å². The summed E-state index contributed by atoms with van der Waals surface area (Å²) in [7, 11) is 1.56. The van der Waals surface area contributed by atoms with Gasteiger partial charge < -0.3 is 29.1 Å². The number of fused-ring (bicyclic) bond motifs is 1. The topological polar surface area (TPSA) is 101 Å². The highest BCUT2D eigenvalue weighted by Gasteiger charge is 2.35. The number of aromatic nitrogens is 1. The predicted octanol–water partition coefficient (Wildman–Crippen LogP) is 5.05. The molecular formula is C35H41N3O6. The summed E-state index contributed by atoms with van der Waals surface area (Å²) in [5.41, 5.74) is 6.90. The number of methoxy groups -OCH3 is 1. The Balaban J connectivity index is 1.20. The van der Waals surface area contributed by atoms with Crippen molar-refractivity contribution >= 4 is 17.7 Å². The van der Waals surface area contributed by atoms with Gasteiger partial charge in [-0.3, -0.25) is 9.59 Å². The van der Waals surface area contributed by atoms with Crippen LogP contribution in [0.5, 0.6) is 5.75 Å². The van der Waals surface area contributed by atoms with E-state index in [9.17, 15) is 14.7 Å². The van der Waals surface area contributed by atoms with Gasteiger partial charge in [0.15, 0.2) is 0 Å². The van der Waals surface area contributed by atoms with Crippen LogP contribution in [0.15, 0.2) is 48.5 Å². The number of carbonyl (C=O) groups is 2.